The molecule has 11 nitrogen and oxygen atoms in total. The van der Waals surface area contributed by atoms with E-state index < -0.39 is 80.8 Å². The molecule has 13 heteroatoms. The number of carbonyl (C=O) groups is 4. The van der Waals surface area contributed by atoms with Crippen LogP contribution in [0.4, 0.5) is 14.5 Å². The number of rotatable bonds is 8. The summed E-state index contributed by atoms with van der Waals surface area (Å²) < 4.78 is 50.4. The number of amides is 1. The maximum atomic E-state index is 17.6. The van der Waals surface area contributed by atoms with Crippen LogP contribution in [0, 0.1) is 38.7 Å². The van der Waals surface area contributed by atoms with Gasteiger partial charge in [0, 0.05) is 35.8 Å². The highest BCUT2D eigenvalue weighted by Gasteiger charge is 2.78. The molecule has 0 radical (unpaired) electrons. The number of ether oxygens (including phenoxy) is 2. The summed E-state index contributed by atoms with van der Waals surface area (Å²) in [4.78, 5) is 64.5. The zero-order valence-electron chi connectivity index (χ0n) is 26.0. The molecular formula is C34H34F2N2O9. The number of esters is 1. The van der Waals surface area contributed by atoms with Gasteiger partial charge < -0.3 is 19.2 Å². The minimum Gasteiger partial charge on any atom is -0.492 e. The first-order valence-corrected chi connectivity index (χ1v) is 15.4. The van der Waals surface area contributed by atoms with Crippen LogP contribution in [0.3, 0.4) is 0 Å². The molecule has 3 saturated carbocycles. The van der Waals surface area contributed by atoms with E-state index in [1.165, 1.54) is 55.7 Å². The minimum absolute atomic E-state index is 0.0581. The third-order valence-electron chi connectivity index (χ3n) is 10.9. The van der Waals surface area contributed by atoms with Gasteiger partial charge in [-0.2, -0.15) is 0 Å². The normalized spacial score (nSPS) is 35.6. The number of alkyl halides is 2. The number of nitro groups is 1. The molecule has 1 aromatic carbocycles. The van der Waals surface area contributed by atoms with E-state index in [9.17, 15) is 29.3 Å². The van der Waals surface area contributed by atoms with Crippen LogP contribution in [0.5, 0.6) is 5.75 Å². The monoisotopic (exact) mass is 652 g/mol. The summed E-state index contributed by atoms with van der Waals surface area (Å²) in [6, 6.07) is 8.21. The first kappa shape index (κ1) is 32.3. The van der Waals surface area contributed by atoms with Crippen LogP contribution in [0.2, 0.25) is 0 Å². The molecule has 3 fully saturated rings. The number of furan rings is 1. The molecule has 248 valence electrons. The van der Waals surface area contributed by atoms with Crippen LogP contribution in [0.15, 0.2) is 70.9 Å². The molecular weight excluding hydrogens is 618 g/mol. The third kappa shape index (κ3) is 4.64. The number of hydrogen-bond donors (Lipinski definition) is 1. The number of non-ortho nitro benzene ring substituents is 1. The Balaban J connectivity index is 1.32. The van der Waals surface area contributed by atoms with Gasteiger partial charge in [-0.05, 0) is 67.7 Å². The Morgan fingerprint density at radius 2 is 1.85 bits per heavy atom. The minimum atomic E-state index is -2.57. The van der Waals surface area contributed by atoms with Crippen LogP contribution < -0.4 is 10.1 Å². The molecule has 0 unspecified atom stereocenters. The number of halogens is 2. The van der Waals surface area contributed by atoms with E-state index in [2.05, 4.69) is 5.32 Å². The average molecular weight is 653 g/mol. The molecule has 4 aliphatic carbocycles. The second kappa shape index (κ2) is 11.2. The largest absolute Gasteiger partial charge is 0.492 e. The highest BCUT2D eigenvalue weighted by atomic mass is 19.1. The molecule has 0 spiro atoms. The van der Waals surface area contributed by atoms with Crippen molar-refractivity contribution in [1.29, 1.82) is 0 Å². The number of nitro benzene ring substituents is 1. The van der Waals surface area contributed by atoms with Crippen molar-refractivity contribution < 1.29 is 46.8 Å². The highest BCUT2D eigenvalue weighted by Crippen LogP contribution is 2.70. The number of ketones is 2. The Hall–Kier alpha value is -4.68. The van der Waals surface area contributed by atoms with E-state index in [0.29, 0.717) is 5.75 Å². The number of fused-ring (bicyclic) bond motifs is 5. The molecule has 0 saturated heterocycles. The fourth-order valence-corrected chi connectivity index (χ4v) is 8.72. The van der Waals surface area contributed by atoms with Gasteiger partial charge in [-0.15, -0.1) is 0 Å². The van der Waals surface area contributed by atoms with Gasteiger partial charge in [0.15, 0.2) is 22.8 Å². The summed E-state index contributed by atoms with van der Waals surface area (Å²) in [7, 11) is 0. The van der Waals surface area contributed by atoms with Crippen molar-refractivity contribution in [3.63, 3.8) is 0 Å². The summed E-state index contributed by atoms with van der Waals surface area (Å²) in [6.07, 6.45) is 2.33. The van der Waals surface area contributed by atoms with Crippen molar-refractivity contribution in [2.24, 2.45) is 28.6 Å². The van der Waals surface area contributed by atoms with E-state index >= 15 is 8.78 Å². The summed E-state index contributed by atoms with van der Waals surface area (Å²) in [6.45, 7) is 4.59. The maximum absolute atomic E-state index is 17.6. The number of hydrogen-bond acceptors (Lipinski definition) is 9. The van der Waals surface area contributed by atoms with E-state index in [4.69, 9.17) is 13.9 Å². The molecule has 2 aromatic rings. The zero-order chi connectivity index (χ0) is 33.9. The topological polar surface area (TPSA) is 155 Å². The van der Waals surface area contributed by atoms with Crippen LogP contribution in [0.1, 0.15) is 50.6 Å². The Morgan fingerprint density at radius 1 is 1.13 bits per heavy atom. The van der Waals surface area contributed by atoms with Gasteiger partial charge in [0.25, 0.3) is 11.6 Å². The number of allylic oxidation sites excluding steroid dienone is 4. The van der Waals surface area contributed by atoms with Crippen LogP contribution >= 0.6 is 0 Å². The molecule has 1 aromatic heterocycles. The van der Waals surface area contributed by atoms with Crippen molar-refractivity contribution >= 4 is 29.1 Å². The molecule has 4 aliphatic rings. The number of nitrogens with one attached hydrogen (secondary N) is 1. The molecule has 0 bridgehead atoms. The molecule has 47 heavy (non-hydrogen) atoms. The summed E-state index contributed by atoms with van der Waals surface area (Å²) in [5.41, 5.74) is -7.92. The lowest BCUT2D eigenvalue weighted by atomic mass is 9.45. The summed E-state index contributed by atoms with van der Waals surface area (Å²) >= 11 is 0. The van der Waals surface area contributed by atoms with Crippen molar-refractivity contribution in [1.82, 2.24) is 5.32 Å². The molecule has 1 amide bonds. The summed E-state index contributed by atoms with van der Waals surface area (Å²) in [5, 5.41) is 13.7. The molecule has 0 aliphatic heterocycles. The zero-order valence-corrected chi connectivity index (χ0v) is 26.0. The second-order valence-electron chi connectivity index (χ2n) is 13.3. The number of carbonyl (C=O) groups excluding carboxylic acids is 4. The van der Waals surface area contributed by atoms with Gasteiger partial charge >= 0.3 is 5.97 Å². The quantitative estimate of drug-likeness (QED) is 0.179. The van der Waals surface area contributed by atoms with Crippen molar-refractivity contribution in [3.05, 3.63) is 82.3 Å². The number of nitrogens with zero attached hydrogens (tertiary/aromatic N) is 1. The lowest BCUT2D eigenvalue weighted by Gasteiger charge is -2.60. The Kier molecular flexibility index (Phi) is 7.71. The van der Waals surface area contributed by atoms with Gasteiger partial charge in [-0.25, -0.2) is 13.6 Å². The first-order chi connectivity index (χ1) is 22.2. The average Bonchev–Trinajstić information content (AvgIpc) is 3.64. The fraction of sp³-hybridized carbons (Fsp3) is 0.471. The van der Waals surface area contributed by atoms with E-state index in [-0.39, 0.29) is 43.0 Å². The molecule has 8 atom stereocenters. The van der Waals surface area contributed by atoms with Gasteiger partial charge in [-0.1, -0.05) is 19.9 Å². The van der Waals surface area contributed by atoms with E-state index in [0.717, 1.165) is 12.2 Å². The Morgan fingerprint density at radius 3 is 2.51 bits per heavy atom. The van der Waals surface area contributed by atoms with Gasteiger partial charge in [-0.3, -0.25) is 24.5 Å². The number of Topliss-reactive ketones (excluding diaryl/α,β-unsaturated/α-hetero) is 1. The number of benzene rings is 1. The van der Waals surface area contributed by atoms with E-state index in [1.807, 2.05) is 0 Å². The smallest absolute Gasteiger partial charge is 0.375 e. The first-order valence-electron chi connectivity index (χ1n) is 15.4. The fourth-order valence-electron chi connectivity index (χ4n) is 8.72. The van der Waals surface area contributed by atoms with Gasteiger partial charge in [0.2, 0.25) is 5.76 Å². The maximum Gasteiger partial charge on any atom is 0.375 e. The molecule has 1 heterocycles. The SMILES string of the molecule is C[C@@H]1C[C@H]2[C@@H]3C[C@H](F)C4=CC(=O)C=C[C@]4(C)[C@@]3(F)C(=O)C[C@]2(C)[C@@]1(OC(=O)c1ccco1)C(=O)NCCOc1ccc([N+](=O)[O-])cc1. The van der Waals surface area contributed by atoms with Crippen LogP contribution in [-0.2, 0) is 19.1 Å². The van der Waals surface area contributed by atoms with E-state index in [1.54, 1.807) is 13.8 Å². The molecule has 6 rings (SSSR count). The second-order valence-corrected chi connectivity index (χ2v) is 13.3. The van der Waals surface area contributed by atoms with Gasteiger partial charge in [0.05, 0.1) is 23.1 Å². The van der Waals surface area contributed by atoms with Crippen molar-refractivity contribution in [3.8, 4) is 5.75 Å². The lowest BCUT2D eigenvalue weighted by Crippen LogP contribution is -2.70. The standard InChI is InChI=1S/C34H34F2N2O9/c1-19-15-23-24-17-26(35)25-16-21(39)10-11-31(25,2)33(24,36)28(40)18-32(23,3)34(19,47-29(41)27-5-4-13-46-27)30(42)37-12-14-45-22-8-6-20(7-9-22)38(43)44/h4-11,13,16,19,23-24,26H,12,14-15,17-18H2,1-3H3,(H,37,42)/t19-,23+,24+,26+,31+,32+,33+,34+/m1/s1. The Bertz CT molecular complexity index is 1710. The summed E-state index contributed by atoms with van der Waals surface area (Å²) in [5.74, 6) is -5.59. The third-order valence-corrected chi connectivity index (χ3v) is 10.9. The van der Waals surface area contributed by atoms with Crippen molar-refractivity contribution in [2.45, 2.75) is 57.5 Å². The lowest BCUT2D eigenvalue weighted by molar-refractivity contribution is -0.384. The van der Waals surface area contributed by atoms with Crippen LogP contribution in [-0.4, -0.2) is 59.0 Å². The predicted octanol–water partition coefficient (Wildman–Crippen LogP) is 5.05. The van der Waals surface area contributed by atoms with Crippen LogP contribution in [0.25, 0.3) is 0 Å². The van der Waals surface area contributed by atoms with Gasteiger partial charge in [0.1, 0.15) is 18.5 Å². The molecule has 1 N–H and O–H groups in total. The Labute approximate surface area is 268 Å². The predicted molar refractivity (Wildman–Crippen MR) is 161 cm³/mol. The van der Waals surface area contributed by atoms with Crippen molar-refractivity contribution in [2.75, 3.05) is 13.2 Å². The highest BCUT2D eigenvalue weighted by molar-refractivity contribution is 6.03.